The van der Waals surface area contributed by atoms with Crippen molar-refractivity contribution in [1.82, 2.24) is 10.2 Å². The van der Waals surface area contributed by atoms with Gasteiger partial charge in [0.15, 0.2) is 11.5 Å². The summed E-state index contributed by atoms with van der Waals surface area (Å²) in [6.45, 7) is 10.0. The highest BCUT2D eigenvalue weighted by Gasteiger charge is 2.10. The number of hydrogen-bond acceptors (Lipinski definition) is 4. The fourth-order valence-electron chi connectivity index (χ4n) is 2.83. The molecule has 0 bridgehead atoms. The first kappa shape index (κ1) is 22.3. The highest BCUT2D eigenvalue weighted by Crippen LogP contribution is 2.36. The number of benzene rings is 1. The number of ether oxygens (including phenoxy) is 2. The molecule has 1 N–H and O–H groups in total. The van der Waals surface area contributed by atoms with Crippen LogP contribution in [0.5, 0.6) is 11.5 Å². The van der Waals surface area contributed by atoms with Crippen LogP contribution in [0.15, 0.2) is 16.6 Å². The molecular formula is C20H35BrN2O2. The molecule has 0 radical (unpaired) electrons. The summed E-state index contributed by atoms with van der Waals surface area (Å²) in [4.78, 5) is 2.61. The first-order valence-corrected chi connectivity index (χ1v) is 10.3. The van der Waals surface area contributed by atoms with Gasteiger partial charge in [0.25, 0.3) is 0 Å². The first-order chi connectivity index (χ1) is 12.2. The Bertz CT molecular complexity index is 475. The number of hydrogen-bond donors (Lipinski definition) is 1. The largest absolute Gasteiger partial charge is 0.493 e. The normalized spacial score (nSPS) is 11.1. The molecule has 0 atom stereocenters. The van der Waals surface area contributed by atoms with E-state index < -0.39 is 0 Å². The maximum atomic E-state index is 5.40. The summed E-state index contributed by atoms with van der Waals surface area (Å²) in [5.74, 6) is 1.51. The Morgan fingerprint density at radius 2 is 1.60 bits per heavy atom. The Labute approximate surface area is 162 Å². The van der Waals surface area contributed by atoms with Gasteiger partial charge in [-0.15, -0.1) is 0 Å². The van der Waals surface area contributed by atoms with Crippen molar-refractivity contribution in [2.24, 2.45) is 0 Å². The van der Waals surface area contributed by atoms with Gasteiger partial charge in [-0.25, -0.2) is 0 Å². The standard InChI is InChI=1S/C20H35BrN2O2/c1-5-7-11-23(12-8-6-2)13-9-10-22-16-17-14-18(21)20(25-4)19(15-17)24-3/h14-15,22H,5-13,16H2,1-4H3. The van der Waals surface area contributed by atoms with E-state index in [4.69, 9.17) is 9.47 Å². The molecule has 4 nitrogen and oxygen atoms in total. The number of methoxy groups -OCH3 is 2. The fraction of sp³-hybridized carbons (Fsp3) is 0.700. The molecule has 0 aliphatic rings. The summed E-state index contributed by atoms with van der Waals surface area (Å²) in [6, 6.07) is 4.12. The van der Waals surface area contributed by atoms with Gasteiger partial charge >= 0.3 is 0 Å². The first-order valence-electron chi connectivity index (χ1n) is 9.49. The van der Waals surface area contributed by atoms with E-state index >= 15 is 0 Å². The lowest BCUT2D eigenvalue weighted by Crippen LogP contribution is -2.29. The molecule has 0 amide bonds. The average molecular weight is 415 g/mol. The van der Waals surface area contributed by atoms with Crippen LogP contribution >= 0.6 is 15.9 Å². The SMILES string of the molecule is CCCCN(CCCC)CCCNCc1cc(Br)c(OC)c(OC)c1. The van der Waals surface area contributed by atoms with Crippen molar-refractivity contribution in [3.05, 3.63) is 22.2 Å². The van der Waals surface area contributed by atoms with E-state index in [0.717, 1.165) is 29.1 Å². The van der Waals surface area contributed by atoms with E-state index in [1.165, 1.54) is 57.3 Å². The summed E-state index contributed by atoms with van der Waals surface area (Å²) in [5, 5.41) is 3.54. The summed E-state index contributed by atoms with van der Waals surface area (Å²) in [6.07, 6.45) is 6.33. The van der Waals surface area contributed by atoms with Gasteiger partial charge in [-0.05, 0) is 79.1 Å². The lowest BCUT2D eigenvalue weighted by Gasteiger charge is -2.22. The zero-order valence-corrected chi connectivity index (χ0v) is 18.0. The molecule has 1 rings (SSSR count). The molecule has 0 aromatic heterocycles. The van der Waals surface area contributed by atoms with Gasteiger partial charge in [0.2, 0.25) is 0 Å². The molecule has 25 heavy (non-hydrogen) atoms. The number of halogens is 1. The molecule has 0 unspecified atom stereocenters. The third kappa shape index (κ3) is 8.43. The molecule has 0 fully saturated rings. The van der Waals surface area contributed by atoms with Crippen LogP contribution in [0, 0.1) is 0 Å². The average Bonchev–Trinajstić information content (AvgIpc) is 2.62. The molecule has 0 aliphatic heterocycles. The molecular weight excluding hydrogens is 380 g/mol. The van der Waals surface area contributed by atoms with E-state index in [2.05, 4.69) is 46.1 Å². The van der Waals surface area contributed by atoms with Crippen molar-refractivity contribution in [3.63, 3.8) is 0 Å². The number of unbranched alkanes of at least 4 members (excludes halogenated alkanes) is 2. The maximum Gasteiger partial charge on any atom is 0.174 e. The second-order valence-electron chi connectivity index (χ2n) is 6.39. The Hall–Kier alpha value is -0.780. The minimum absolute atomic E-state index is 0.744. The van der Waals surface area contributed by atoms with Crippen LogP contribution in [0.4, 0.5) is 0 Å². The summed E-state index contributed by atoms with van der Waals surface area (Å²) in [7, 11) is 3.33. The van der Waals surface area contributed by atoms with E-state index in [1.54, 1.807) is 14.2 Å². The molecule has 5 heteroatoms. The Balaban J connectivity index is 2.37. The van der Waals surface area contributed by atoms with Crippen LogP contribution in [-0.2, 0) is 6.54 Å². The predicted octanol–water partition coefficient (Wildman–Crippen LogP) is 4.85. The van der Waals surface area contributed by atoms with E-state index in [-0.39, 0.29) is 0 Å². The van der Waals surface area contributed by atoms with Gasteiger partial charge in [-0.3, -0.25) is 0 Å². The van der Waals surface area contributed by atoms with Crippen molar-refractivity contribution in [2.75, 3.05) is 40.4 Å². The van der Waals surface area contributed by atoms with Crippen LogP contribution in [0.2, 0.25) is 0 Å². The molecule has 1 aromatic rings. The number of rotatable bonds is 14. The second kappa shape index (κ2) is 13.4. The van der Waals surface area contributed by atoms with Crippen LogP contribution in [-0.4, -0.2) is 45.3 Å². The monoisotopic (exact) mass is 414 g/mol. The second-order valence-corrected chi connectivity index (χ2v) is 7.25. The minimum atomic E-state index is 0.744. The Morgan fingerprint density at radius 1 is 0.960 bits per heavy atom. The van der Waals surface area contributed by atoms with Crippen molar-refractivity contribution in [3.8, 4) is 11.5 Å². The highest BCUT2D eigenvalue weighted by atomic mass is 79.9. The topological polar surface area (TPSA) is 33.7 Å². The van der Waals surface area contributed by atoms with Crippen molar-refractivity contribution in [2.45, 2.75) is 52.5 Å². The van der Waals surface area contributed by atoms with Crippen LogP contribution in [0.1, 0.15) is 51.5 Å². The van der Waals surface area contributed by atoms with Gasteiger partial charge in [-0.1, -0.05) is 26.7 Å². The Kier molecular flexibility index (Phi) is 12.0. The van der Waals surface area contributed by atoms with E-state index in [1.807, 2.05) is 6.07 Å². The van der Waals surface area contributed by atoms with Crippen LogP contribution in [0.3, 0.4) is 0 Å². The smallest absolute Gasteiger partial charge is 0.174 e. The third-order valence-corrected chi connectivity index (χ3v) is 4.90. The Morgan fingerprint density at radius 3 is 2.16 bits per heavy atom. The van der Waals surface area contributed by atoms with Gasteiger partial charge in [0.05, 0.1) is 18.7 Å². The van der Waals surface area contributed by atoms with Gasteiger partial charge in [0.1, 0.15) is 0 Å². The van der Waals surface area contributed by atoms with E-state index in [9.17, 15) is 0 Å². The predicted molar refractivity (Wildman–Crippen MR) is 110 cm³/mol. The maximum absolute atomic E-state index is 5.40. The molecule has 0 saturated heterocycles. The molecule has 0 aliphatic carbocycles. The van der Waals surface area contributed by atoms with Crippen molar-refractivity contribution in [1.29, 1.82) is 0 Å². The lowest BCUT2D eigenvalue weighted by molar-refractivity contribution is 0.261. The van der Waals surface area contributed by atoms with Gasteiger partial charge < -0.3 is 19.7 Å². The van der Waals surface area contributed by atoms with Gasteiger partial charge in [0, 0.05) is 6.54 Å². The number of nitrogens with one attached hydrogen (secondary N) is 1. The van der Waals surface area contributed by atoms with Gasteiger partial charge in [-0.2, -0.15) is 0 Å². The molecule has 0 spiro atoms. The zero-order valence-electron chi connectivity index (χ0n) is 16.4. The minimum Gasteiger partial charge on any atom is -0.493 e. The summed E-state index contributed by atoms with van der Waals surface area (Å²) >= 11 is 3.55. The fourth-order valence-corrected chi connectivity index (χ4v) is 3.48. The zero-order chi connectivity index (χ0) is 18.5. The molecule has 0 saturated carbocycles. The van der Waals surface area contributed by atoms with Crippen molar-refractivity contribution >= 4 is 15.9 Å². The third-order valence-electron chi connectivity index (χ3n) is 4.31. The van der Waals surface area contributed by atoms with Crippen LogP contribution < -0.4 is 14.8 Å². The molecule has 144 valence electrons. The van der Waals surface area contributed by atoms with Crippen LogP contribution in [0.25, 0.3) is 0 Å². The summed E-state index contributed by atoms with van der Waals surface area (Å²) < 4.78 is 11.7. The molecule has 1 aromatic carbocycles. The van der Waals surface area contributed by atoms with E-state index in [0.29, 0.717) is 0 Å². The number of nitrogens with zero attached hydrogens (tertiary/aromatic N) is 1. The highest BCUT2D eigenvalue weighted by molar-refractivity contribution is 9.10. The van der Waals surface area contributed by atoms with Crippen molar-refractivity contribution < 1.29 is 9.47 Å². The quantitative estimate of drug-likeness (QED) is 0.441. The lowest BCUT2D eigenvalue weighted by atomic mass is 10.2. The molecule has 0 heterocycles. The summed E-state index contributed by atoms with van der Waals surface area (Å²) in [5.41, 5.74) is 1.19.